The molecular weight excluding hydrogens is 416 g/mol. The van der Waals surface area contributed by atoms with Gasteiger partial charge in [-0.3, -0.25) is 14.3 Å². The molecule has 1 saturated heterocycles. The van der Waals surface area contributed by atoms with Crippen molar-refractivity contribution in [1.29, 1.82) is 0 Å². The molecule has 2 aliphatic heterocycles. The van der Waals surface area contributed by atoms with Gasteiger partial charge in [0.25, 0.3) is 11.8 Å². The number of hydrogen-bond donors (Lipinski definition) is 1. The van der Waals surface area contributed by atoms with Gasteiger partial charge in [0.05, 0.1) is 23.4 Å². The highest BCUT2D eigenvalue weighted by Crippen LogP contribution is 2.37. The molecule has 0 saturated carbocycles. The summed E-state index contributed by atoms with van der Waals surface area (Å²) in [7, 11) is 0. The highest BCUT2D eigenvalue weighted by molar-refractivity contribution is 5.97. The van der Waals surface area contributed by atoms with Crippen molar-refractivity contribution < 1.29 is 14.3 Å². The number of amides is 2. The molecule has 7 nitrogen and oxygen atoms in total. The van der Waals surface area contributed by atoms with E-state index in [0.29, 0.717) is 43.1 Å². The number of likely N-dealkylation sites (tertiary alicyclic amines) is 1. The number of nitrogens with one attached hydrogen (secondary N) is 1. The summed E-state index contributed by atoms with van der Waals surface area (Å²) in [4.78, 5) is 28.1. The largest absolute Gasteiger partial charge is 0.493 e. The first kappa shape index (κ1) is 23.3. The van der Waals surface area contributed by atoms with E-state index in [4.69, 9.17) is 4.74 Å². The minimum absolute atomic E-state index is 0.0267. The number of hydrogen-bond acceptors (Lipinski definition) is 4. The Morgan fingerprint density at radius 3 is 2.64 bits per heavy atom. The Hall–Kier alpha value is -2.83. The number of aryl methyl sites for hydroxylation is 2. The molecule has 0 radical (unpaired) electrons. The summed E-state index contributed by atoms with van der Waals surface area (Å²) in [5.41, 5.74) is 2.12. The Balaban J connectivity index is 1.45. The van der Waals surface area contributed by atoms with Crippen LogP contribution in [0.25, 0.3) is 0 Å². The van der Waals surface area contributed by atoms with Gasteiger partial charge in [0.2, 0.25) is 0 Å². The number of fused-ring (bicyclic) bond motifs is 1. The zero-order valence-corrected chi connectivity index (χ0v) is 19.9. The number of carbonyl (C=O) groups excluding carboxylic acids is 2. The van der Waals surface area contributed by atoms with Crippen molar-refractivity contribution in [3.63, 3.8) is 0 Å². The van der Waals surface area contributed by atoms with Crippen LogP contribution in [-0.4, -0.2) is 52.7 Å². The monoisotopic (exact) mass is 452 g/mol. The van der Waals surface area contributed by atoms with E-state index >= 15 is 0 Å². The van der Waals surface area contributed by atoms with Crippen LogP contribution in [0.5, 0.6) is 5.75 Å². The number of piperidine rings is 1. The smallest absolute Gasteiger partial charge is 0.257 e. The number of carbonyl (C=O) groups is 2. The van der Waals surface area contributed by atoms with Crippen LogP contribution in [0.4, 0.5) is 0 Å². The highest BCUT2D eigenvalue weighted by atomic mass is 16.5. The van der Waals surface area contributed by atoms with Gasteiger partial charge in [-0.15, -0.1) is 0 Å². The summed E-state index contributed by atoms with van der Waals surface area (Å²) in [6, 6.07) is 7.49. The van der Waals surface area contributed by atoms with E-state index in [1.165, 1.54) is 6.42 Å². The quantitative estimate of drug-likeness (QED) is 0.741. The molecule has 0 aliphatic carbocycles. The zero-order chi connectivity index (χ0) is 23.3. The van der Waals surface area contributed by atoms with Crippen molar-refractivity contribution in [2.24, 2.45) is 5.41 Å². The molecular formula is C26H36N4O3. The molecule has 1 aromatic heterocycles. The first-order valence-electron chi connectivity index (χ1n) is 12.3. The maximum atomic E-state index is 13.1. The number of aromatic nitrogens is 2. The number of ether oxygens (including phenoxy) is 1. The molecule has 7 heteroatoms. The van der Waals surface area contributed by atoms with Gasteiger partial charge in [-0.1, -0.05) is 31.4 Å². The number of para-hydroxylation sites is 1. The molecule has 1 aromatic carbocycles. The number of benzene rings is 1. The highest BCUT2D eigenvalue weighted by Gasteiger charge is 2.36. The van der Waals surface area contributed by atoms with Crippen LogP contribution in [0.1, 0.15) is 78.3 Å². The Labute approximate surface area is 196 Å². The lowest BCUT2D eigenvalue weighted by Gasteiger charge is -2.42. The van der Waals surface area contributed by atoms with Crippen molar-refractivity contribution in [1.82, 2.24) is 20.0 Å². The average Bonchev–Trinajstić information content (AvgIpc) is 3.23. The van der Waals surface area contributed by atoms with Crippen molar-refractivity contribution in [2.45, 2.75) is 65.3 Å². The fraction of sp³-hybridized carbons (Fsp3) is 0.577. The third kappa shape index (κ3) is 5.40. The Morgan fingerprint density at radius 1 is 1.12 bits per heavy atom. The van der Waals surface area contributed by atoms with E-state index in [2.05, 4.69) is 10.4 Å². The predicted molar refractivity (Wildman–Crippen MR) is 128 cm³/mol. The second-order valence-corrected chi connectivity index (χ2v) is 9.47. The molecule has 1 spiro atoms. The molecule has 4 rings (SSSR count). The SMILES string of the molecule is CCn1cc(C(=O)N2CCC3(CCCCCCOc4ccccc4C(=O)NC3)CC2)c(C)n1. The summed E-state index contributed by atoms with van der Waals surface area (Å²) in [6.07, 6.45) is 9.17. The molecule has 1 fully saturated rings. The maximum Gasteiger partial charge on any atom is 0.257 e. The molecule has 1 N–H and O–H groups in total. The molecule has 2 aliphatic rings. The fourth-order valence-electron chi connectivity index (χ4n) is 5.04. The Kier molecular flexibility index (Phi) is 7.36. The summed E-state index contributed by atoms with van der Waals surface area (Å²) < 4.78 is 7.72. The van der Waals surface area contributed by atoms with Crippen molar-refractivity contribution in [2.75, 3.05) is 26.2 Å². The van der Waals surface area contributed by atoms with E-state index in [9.17, 15) is 9.59 Å². The van der Waals surface area contributed by atoms with E-state index < -0.39 is 0 Å². The normalized spacial score (nSPS) is 19.5. The lowest BCUT2D eigenvalue weighted by atomic mass is 9.74. The first-order chi connectivity index (χ1) is 16.0. The van der Waals surface area contributed by atoms with Crippen LogP contribution < -0.4 is 10.1 Å². The second kappa shape index (κ2) is 10.4. The molecule has 0 bridgehead atoms. The molecule has 33 heavy (non-hydrogen) atoms. The van der Waals surface area contributed by atoms with Crippen LogP contribution in [0.3, 0.4) is 0 Å². The van der Waals surface area contributed by atoms with E-state index in [0.717, 1.165) is 50.8 Å². The average molecular weight is 453 g/mol. The van der Waals surface area contributed by atoms with E-state index in [-0.39, 0.29) is 17.2 Å². The molecule has 2 amide bonds. The van der Waals surface area contributed by atoms with Gasteiger partial charge in [0.15, 0.2) is 0 Å². The maximum absolute atomic E-state index is 13.1. The van der Waals surface area contributed by atoms with Gasteiger partial charge in [-0.2, -0.15) is 5.10 Å². The van der Waals surface area contributed by atoms with Crippen LogP contribution in [-0.2, 0) is 6.54 Å². The summed E-state index contributed by atoms with van der Waals surface area (Å²) in [5.74, 6) is 0.652. The van der Waals surface area contributed by atoms with Gasteiger partial charge >= 0.3 is 0 Å². The molecule has 0 atom stereocenters. The van der Waals surface area contributed by atoms with Crippen molar-refractivity contribution in [3.8, 4) is 5.75 Å². The van der Waals surface area contributed by atoms with Crippen LogP contribution >= 0.6 is 0 Å². The van der Waals surface area contributed by atoms with Crippen LogP contribution in [0.2, 0.25) is 0 Å². The van der Waals surface area contributed by atoms with Crippen LogP contribution in [0.15, 0.2) is 30.5 Å². The summed E-state index contributed by atoms with van der Waals surface area (Å²) >= 11 is 0. The predicted octanol–water partition coefficient (Wildman–Crippen LogP) is 4.21. The van der Waals surface area contributed by atoms with Gasteiger partial charge in [0.1, 0.15) is 5.75 Å². The minimum Gasteiger partial charge on any atom is -0.493 e. The standard InChI is InChI=1S/C26H36N4O3/c1-3-30-18-22(20(2)28-30)25(32)29-15-13-26(14-16-29)12-8-4-5-9-17-33-23-11-7-6-10-21(23)24(31)27-19-26/h6-7,10-11,18H,3-5,8-9,12-17,19H2,1-2H3,(H,27,31). The Bertz CT molecular complexity index is 976. The van der Waals surface area contributed by atoms with E-state index in [1.807, 2.05) is 53.9 Å². The van der Waals surface area contributed by atoms with Gasteiger partial charge in [-0.25, -0.2) is 0 Å². The first-order valence-corrected chi connectivity index (χ1v) is 12.3. The van der Waals surface area contributed by atoms with Crippen LogP contribution in [0, 0.1) is 12.3 Å². The number of rotatable bonds is 2. The van der Waals surface area contributed by atoms with E-state index in [1.54, 1.807) is 0 Å². The lowest BCUT2D eigenvalue weighted by molar-refractivity contribution is 0.0535. The molecule has 2 aromatic rings. The second-order valence-electron chi connectivity index (χ2n) is 9.47. The lowest BCUT2D eigenvalue weighted by Crippen LogP contribution is -2.48. The minimum atomic E-state index is -0.0784. The van der Waals surface area contributed by atoms with Crippen molar-refractivity contribution >= 4 is 11.8 Å². The summed E-state index contributed by atoms with van der Waals surface area (Å²) in [5, 5.41) is 7.63. The molecule has 178 valence electrons. The van der Waals surface area contributed by atoms with Gasteiger partial charge in [-0.05, 0) is 57.1 Å². The topological polar surface area (TPSA) is 76.5 Å². The summed E-state index contributed by atoms with van der Waals surface area (Å²) in [6.45, 7) is 7.38. The third-order valence-corrected chi connectivity index (χ3v) is 7.23. The fourth-order valence-corrected chi connectivity index (χ4v) is 5.04. The van der Waals surface area contributed by atoms with Gasteiger partial charge < -0.3 is 15.0 Å². The van der Waals surface area contributed by atoms with Crippen molar-refractivity contribution in [3.05, 3.63) is 47.3 Å². The molecule has 0 unspecified atom stereocenters. The molecule has 3 heterocycles. The zero-order valence-electron chi connectivity index (χ0n) is 19.9. The third-order valence-electron chi connectivity index (χ3n) is 7.23. The van der Waals surface area contributed by atoms with Gasteiger partial charge in [0, 0.05) is 32.4 Å². The number of nitrogens with zero attached hydrogens (tertiary/aromatic N) is 3. The Morgan fingerprint density at radius 2 is 1.88 bits per heavy atom.